The largest absolute Gasteiger partial charge is 0.497 e. The molecule has 1 N–H and O–H groups in total. The number of hydrogen-bond donors (Lipinski definition) is 1. The van der Waals surface area contributed by atoms with Crippen LogP contribution in [-0.2, 0) is 4.79 Å². The third kappa shape index (κ3) is 4.33. The lowest BCUT2D eigenvalue weighted by Crippen LogP contribution is -2.09. The summed E-state index contributed by atoms with van der Waals surface area (Å²) in [7, 11) is 2.96. The SMILES string of the molecule is COc1ccc(/C=C/C(=O)Nc2ccc([N+](=O)[O-])cc2OC)cc1. The zero-order valence-corrected chi connectivity index (χ0v) is 13.2. The number of rotatable bonds is 6. The number of nitro groups is 1. The van der Waals surface area contributed by atoms with Gasteiger partial charge in [-0.2, -0.15) is 0 Å². The number of nitrogens with one attached hydrogen (secondary N) is 1. The van der Waals surface area contributed by atoms with Gasteiger partial charge in [-0.05, 0) is 29.8 Å². The molecule has 124 valence electrons. The summed E-state index contributed by atoms with van der Waals surface area (Å²) in [6.07, 6.45) is 3.01. The second-order valence-electron chi connectivity index (χ2n) is 4.74. The van der Waals surface area contributed by atoms with Crippen LogP contribution in [-0.4, -0.2) is 25.1 Å². The number of carbonyl (C=O) groups excluding carboxylic acids is 1. The van der Waals surface area contributed by atoms with Gasteiger partial charge >= 0.3 is 0 Å². The van der Waals surface area contributed by atoms with Crippen molar-refractivity contribution in [3.05, 3.63) is 64.2 Å². The summed E-state index contributed by atoms with van der Waals surface area (Å²) in [5.41, 5.74) is 1.08. The van der Waals surface area contributed by atoms with Crippen LogP contribution in [0.4, 0.5) is 11.4 Å². The first-order chi connectivity index (χ1) is 11.5. The highest BCUT2D eigenvalue weighted by molar-refractivity contribution is 6.02. The van der Waals surface area contributed by atoms with Crippen LogP contribution in [0.25, 0.3) is 6.08 Å². The molecule has 0 bridgehead atoms. The molecule has 0 aliphatic carbocycles. The van der Waals surface area contributed by atoms with E-state index in [4.69, 9.17) is 9.47 Å². The van der Waals surface area contributed by atoms with E-state index in [2.05, 4.69) is 5.32 Å². The van der Waals surface area contributed by atoms with Crippen LogP contribution in [0.5, 0.6) is 11.5 Å². The van der Waals surface area contributed by atoms with Crippen molar-refractivity contribution in [3.63, 3.8) is 0 Å². The van der Waals surface area contributed by atoms with Gasteiger partial charge in [-0.3, -0.25) is 14.9 Å². The highest BCUT2D eigenvalue weighted by atomic mass is 16.6. The number of non-ortho nitro benzene ring substituents is 1. The molecule has 7 nitrogen and oxygen atoms in total. The topological polar surface area (TPSA) is 90.7 Å². The summed E-state index contributed by atoms with van der Waals surface area (Å²) >= 11 is 0. The number of methoxy groups -OCH3 is 2. The Morgan fingerprint density at radius 1 is 1.12 bits per heavy atom. The first kappa shape index (κ1) is 17.0. The van der Waals surface area contributed by atoms with Gasteiger partial charge < -0.3 is 14.8 Å². The quantitative estimate of drug-likeness (QED) is 0.499. The normalized spacial score (nSPS) is 10.4. The molecule has 2 aromatic carbocycles. The Morgan fingerprint density at radius 2 is 1.83 bits per heavy atom. The fourth-order valence-electron chi connectivity index (χ4n) is 1.96. The number of hydrogen-bond acceptors (Lipinski definition) is 5. The van der Waals surface area contributed by atoms with Crippen molar-refractivity contribution >= 4 is 23.4 Å². The minimum atomic E-state index is -0.530. The number of carbonyl (C=O) groups is 1. The number of amides is 1. The molecule has 0 spiro atoms. The van der Waals surface area contributed by atoms with E-state index >= 15 is 0 Å². The molecule has 0 aromatic heterocycles. The number of nitrogens with zero attached hydrogens (tertiary/aromatic N) is 1. The Bertz CT molecular complexity index is 769. The predicted molar refractivity (Wildman–Crippen MR) is 90.3 cm³/mol. The Labute approximate surface area is 138 Å². The standard InChI is InChI=1S/C17H16N2O5/c1-23-14-7-3-12(4-8-14)5-10-17(20)18-15-9-6-13(19(21)22)11-16(15)24-2/h3-11H,1-2H3,(H,18,20)/b10-5+. The molecule has 0 fully saturated rings. The molecule has 0 unspecified atom stereocenters. The second-order valence-corrected chi connectivity index (χ2v) is 4.74. The van der Waals surface area contributed by atoms with Crippen molar-refractivity contribution in [2.75, 3.05) is 19.5 Å². The highest BCUT2D eigenvalue weighted by Gasteiger charge is 2.12. The van der Waals surface area contributed by atoms with Gasteiger partial charge in [0.15, 0.2) is 0 Å². The molecule has 2 aromatic rings. The Hall–Kier alpha value is -3.35. The van der Waals surface area contributed by atoms with E-state index < -0.39 is 4.92 Å². The fraction of sp³-hybridized carbons (Fsp3) is 0.118. The lowest BCUT2D eigenvalue weighted by molar-refractivity contribution is -0.384. The van der Waals surface area contributed by atoms with Crippen LogP contribution < -0.4 is 14.8 Å². The summed E-state index contributed by atoms with van der Waals surface area (Å²) in [5, 5.41) is 13.4. The predicted octanol–water partition coefficient (Wildman–Crippen LogP) is 3.26. The van der Waals surface area contributed by atoms with Gasteiger partial charge in [0, 0.05) is 12.1 Å². The number of benzene rings is 2. The van der Waals surface area contributed by atoms with E-state index in [1.165, 1.54) is 31.4 Å². The van der Waals surface area contributed by atoms with E-state index in [1.807, 2.05) is 12.1 Å². The third-order valence-electron chi connectivity index (χ3n) is 3.20. The Kier molecular flexibility index (Phi) is 5.51. The molecular weight excluding hydrogens is 312 g/mol. The monoisotopic (exact) mass is 328 g/mol. The second kappa shape index (κ2) is 7.77. The smallest absolute Gasteiger partial charge is 0.273 e. The Balaban J connectivity index is 2.08. The molecule has 0 aliphatic heterocycles. The van der Waals surface area contributed by atoms with Gasteiger partial charge in [0.2, 0.25) is 5.91 Å². The van der Waals surface area contributed by atoms with Gasteiger partial charge in [0.25, 0.3) is 5.69 Å². The maximum absolute atomic E-state index is 12.0. The maximum Gasteiger partial charge on any atom is 0.273 e. The lowest BCUT2D eigenvalue weighted by atomic mass is 10.2. The van der Waals surface area contributed by atoms with Gasteiger partial charge in [0.1, 0.15) is 11.5 Å². The van der Waals surface area contributed by atoms with Crippen LogP contribution in [0.3, 0.4) is 0 Å². The summed E-state index contributed by atoms with van der Waals surface area (Å²) < 4.78 is 10.1. The first-order valence-corrected chi connectivity index (χ1v) is 6.99. The van der Waals surface area contributed by atoms with Gasteiger partial charge in [-0.1, -0.05) is 12.1 Å². The number of anilines is 1. The molecule has 0 heterocycles. The molecule has 0 saturated heterocycles. The van der Waals surface area contributed by atoms with Crippen LogP contribution in [0.2, 0.25) is 0 Å². The molecular formula is C17H16N2O5. The first-order valence-electron chi connectivity index (χ1n) is 6.99. The molecule has 24 heavy (non-hydrogen) atoms. The third-order valence-corrected chi connectivity index (χ3v) is 3.20. The molecule has 1 amide bonds. The van der Waals surface area contributed by atoms with E-state index in [0.29, 0.717) is 5.69 Å². The molecule has 2 rings (SSSR count). The minimum Gasteiger partial charge on any atom is -0.497 e. The molecule has 0 aliphatic rings. The van der Waals surface area contributed by atoms with Gasteiger partial charge in [0.05, 0.1) is 30.9 Å². The lowest BCUT2D eigenvalue weighted by Gasteiger charge is -2.08. The highest BCUT2D eigenvalue weighted by Crippen LogP contribution is 2.29. The average Bonchev–Trinajstić information content (AvgIpc) is 2.60. The van der Waals surface area contributed by atoms with E-state index in [-0.39, 0.29) is 17.3 Å². The van der Waals surface area contributed by atoms with Crippen LogP contribution >= 0.6 is 0 Å². The molecule has 0 atom stereocenters. The van der Waals surface area contributed by atoms with Crippen molar-refractivity contribution in [2.45, 2.75) is 0 Å². The van der Waals surface area contributed by atoms with E-state index in [1.54, 1.807) is 25.3 Å². The average molecular weight is 328 g/mol. The fourth-order valence-corrected chi connectivity index (χ4v) is 1.96. The minimum absolute atomic E-state index is 0.112. The van der Waals surface area contributed by atoms with Crippen LogP contribution in [0.1, 0.15) is 5.56 Å². The summed E-state index contributed by atoms with van der Waals surface area (Å²) in [6.45, 7) is 0. The van der Waals surface area contributed by atoms with Gasteiger partial charge in [-0.15, -0.1) is 0 Å². The summed E-state index contributed by atoms with van der Waals surface area (Å²) in [4.78, 5) is 22.2. The van der Waals surface area contributed by atoms with Crippen molar-refractivity contribution in [1.29, 1.82) is 0 Å². The van der Waals surface area contributed by atoms with E-state index in [0.717, 1.165) is 11.3 Å². The van der Waals surface area contributed by atoms with E-state index in [9.17, 15) is 14.9 Å². The summed E-state index contributed by atoms with van der Waals surface area (Å²) in [5.74, 6) is 0.570. The van der Waals surface area contributed by atoms with Crippen molar-refractivity contribution < 1.29 is 19.2 Å². The Morgan fingerprint density at radius 3 is 2.42 bits per heavy atom. The van der Waals surface area contributed by atoms with Crippen LogP contribution in [0, 0.1) is 10.1 Å². The van der Waals surface area contributed by atoms with Gasteiger partial charge in [-0.25, -0.2) is 0 Å². The zero-order chi connectivity index (χ0) is 17.5. The molecule has 0 radical (unpaired) electrons. The molecule has 0 saturated carbocycles. The zero-order valence-electron chi connectivity index (χ0n) is 13.2. The van der Waals surface area contributed by atoms with Crippen molar-refractivity contribution in [2.24, 2.45) is 0 Å². The van der Waals surface area contributed by atoms with Crippen LogP contribution in [0.15, 0.2) is 48.5 Å². The van der Waals surface area contributed by atoms with Crippen molar-refractivity contribution in [1.82, 2.24) is 0 Å². The van der Waals surface area contributed by atoms with Crippen molar-refractivity contribution in [3.8, 4) is 11.5 Å². The summed E-state index contributed by atoms with van der Waals surface area (Å²) in [6, 6.07) is 11.2. The number of nitro benzene ring substituents is 1. The molecule has 7 heteroatoms. The number of ether oxygens (including phenoxy) is 2. The maximum atomic E-state index is 12.0.